The summed E-state index contributed by atoms with van der Waals surface area (Å²) in [5.74, 6) is -2.55. The lowest BCUT2D eigenvalue weighted by atomic mass is 10.1. The molecule has 0 radical (unpaired) electrons. The zero-order chi connectivity index (χ0) is 26.3. The third-order valence-corrected chi connectivity index (χ3v) is 7.85. The van der Waals surface area contributed by atoms with Gasteiger partial charge in [-0.3, -0.25) is 13.9 Å². The third-order valence-electron chi connectivity index (χ3n) is 6.69. The van der Waals surface area contributed by atoms with E-state index in [4.69, 9.17) is 4.74 Å². The molecule has 0 unspecified atom stereocenters. The monoisotopic (exact) mass is 527 g/mol. The number of piperidine rings is 1. The summed E-state index contributed by atoms with van der Waals surface area (Å²) in [5.41, 5.74) is -0.0169. The van der Waals surface area contributed by atoms with Gasteiger partial charge in [0.15, 0.2) is 11.6 Å². The number of fused-ring (bicyclic) bond motifs is 1. The van der Waals surface area contributed by atoms with E-state index in [-0.39, 0.29) is 43.8 Å². The van der Waals surface area contributed by atoms with E-state index in [0.717, 1.165) is 15.0 Å². The normalized spacial score (nSPS) is 14.3. The van der Waals surface area contributed by atoms with E-state index in [1.165, 1.54) is 40.0 Å². The van der Waals surface area contributed by atoms with E-state index < -0.39 is 35.0 Å². The summed E-state index contributed by atoms with van der Waals surface area (Å²) in [6.07, 6.45) is -0.480. The molecule has 3 heterocycles. The van der Waals surface area contributed by atoms with E-state index in [1.54, 1.807) is 6.07 Å². The second-order valence-electron chi connectivity index (χ2n) is 8.79. The van der Waals surface area contributed by atoms with Gasteiger partial charge in [-0.1, -0.05) is 36.4 Å². The molecule has 1 amide bonds. The van der Waals surface area contributed by atoms with Crippen LogP contribution in [0.25, 0.3) is 20.7 Å². The minimum Gasteiger partial charge on any atom is -0.494 e. The number of nitrogens with zero attached hydrogens (tertiary/aromatic N) is 3. The number of aromatic nitrogens is 2. The van der Waals surface area contributed by atoms with E-state index in [1.807, 2.05) is 30.3 Å². The highest BCUT2D eigenvalue weighted by Gasteiger charge is 2.28. The largest absolute Gasteiger partial charge is 0.494 e. The minimum atomic E-state index is -1.16. The van der Waals surface area contributed by atoms with Gasteiger partial charge in [0.25, 0.3) is 5.56 Å². The lowest BCUT2D eigenvalue weighted by Gasteiger charge is -2.30. The molecule has 0 spiro atoms. The highest BCUT2D eigenvalue weighted by Crippen LogP contribution is 2.32. The minimum absolute atomic E-state index is 0.0694. The number of carboxylic acid groups (broad SMARTS) is 1. The predicted molar refractivity (Wildman–Crippen MR) is 136 cm³/mol. The van der Waals surface area contributed by atoms with Crippen molar-refractivity contribution in [1.29, 1.82) is 0 Å². The van der Waals surface area contributed by atoms with Gasteiger partial charge in [-0.25, -0.2) is 14.0 Å². The van der Waals surface area contributed by atoms with Crippen molar-refractivity contribution in [3.05, 3.63) is 86.6 Å². The zero-order valence-electron chi connectivity index (χ0n) is 19.8. The van der Waals surface area contributed by atoms with Crippen LogP contribution in [0.1, 0.15) is 24.4 Å². The molecule has 1 saturated heterocycles. The van der Waals surface area contributed by atoms with Gasteiger partial charge < -0.3 is 14.7 Å². The van der Waals surface area contributed by atoms with Crippen LogP contribution in [-0.2, 0) is 6.54 Å². The maximum Gasteiger partial charge on any atom is 0.407 e. The van der Waals surface area contributed by atoms with Crippen LogP contribution in [-0.4, -0.2) is 45.4 Å². The smallest absolute Gasteiger partial charge is 0.407 e. The highest BCUT2D eigenvalue weighted by atomic mass is 32.1. The number of rotatable bonds is 5. The van der Waals surface area contributed by atoms with Crippen LogP contribution >= 0.6 is 11.3 Å². The van der Waals surface area contributed by atoms with Gasteiger partial charge in [-0.05, 0) is 30.5 Å². The maximum absolute atomic E-state index is 14.9. The second-order valence-corrected chi connectivity index (χ2v) is 9.84. The number of amides is 1. The van der Waals surface area contributed by atoms with Crippen molar-refractivity contribution in [1.82, 2.24) is 14.0 Å². The molecule has 5 rings (SSSR count). The van der Waals surface area contributed by atoms with Crippen LogP contribution in [0.5, 0.6) is 5.75 Å². The molecule has 37 heavy (non-hydrogen) atoms. The summed E-state index contributed by atoms with van der Waals surface area (Å²) in [5, 5.41) is 9.27. The molecule has 1 aliphatic heterocycles. The quantitative estimate of drug-likeness (QED) is 0.411. The number of methoxy groups -OCH3 is 1. The summed E-state index contributed by atoms with van der Waals surface area (Å²) in [7, 11) is 1.23. The van der Waals surface area contributed by atoms with Crippen molar-refractivity contribution in [3.63, 3.8) is 0 Å². The summed E-state index contributed by atoms with van der Waals surface area (Å²) in [6.45, 7) is 0.0607. The first-order valence-electron chi connectivity index (χ1n) is 11.6. The molecule has 4 aromatic rings. The number of hydrogen-bond donors (Lipinski definition) is 1. The first kappa shape index (κ1) is 24.7. The fraction of sp³-hybridized carbons (Fsp3) is 0.269. The van der Waals surface area contributed by atoms with Gasteiger partial charge in [0.05, 0.1) is 19.2 Å². The van der Waals surface area contributed by atoms with Gasteiger partial charge in [0, 0.05) is 29.6 Å². The average molecular weight is 528 g/mol. The van der Waals surface area contributed by atoms with E-state index in [9.17, 15) is 28.3 Å². The Balaban J connectivity index is 1.68. The van der Waals surface area contributed by atoms with E-state index in [0.29, 0.717) is 10.2 Å². The van der Waals surface area contributed by atoms with Gasteiger partial charge in [0.2, 0.25) is 5.82 Å². The maximum atomic E-state index is 14.9. The van der Waals surface area contributed by atoms with E-state index >= 15 is 0 Å². The fourth-order valence-corrected chi connectivity index (χ4v) is 5.82. The lowest BCUT2D eigenvalue weighted by Crippen LogP contribution is -2.46. The van der Waals surface area contributed by atoms with Crippen LogP contribution < -0.4 is 16.0 Å². The molecule has 11 heteroatoms. The van der Waals surface area contributed by atoms with Crippen molar-refractivity contribution < 1.29 is 23.4 Å². The molecule has 0 atom stereocenters. The molecule has 0 saturated carbocycles. The highest BCUT2D eigenvalue weighted by molar-refractivity contribution is 7.22. The molecule has 2 aromatic carbocycles. The second kappa shape index (κ2) is 9.81. The molecule has 1 aliphatic rings. The average Bonchev–Trinajstić information content (AvgIpc) is 3.36. The number of benzene rings is 2. The fourth-order valence-electron chi connectivity index (χ4n) is 4.72. The lowest BCUT2D eigenvalue weighted by molar-refractivity contribution is 0.124. The number of thiophene rings is 1. The molecule has 0 bridgehead atoms. The Morgan fingerprint density at radius 1 is 1.08 bits per heavy atom. The summed E-state index contributed by atoms with van der Waals surface area (Å²) >= 11 is 1.22. The van der Waals surface area contributed by atoms with Crippen LogP contribution in [0.3, 0.4) is 0 Å². The molecule has 8 nitrogen and oxygen atoms in total. The third kappa shape index (κ3) is 4.39. The Hall–Kier alpha value is -3.99. The predicted octanol–water partition coefficient (Wildman–Crippen LogP) is 4.54. The number of carbonyl (C=O) groups is 1. The first-order chi connectivity index (χ1) is 17.8. The Morgan fingerprint density at radius 3 is 2.43 bits per heavy atom. The van der Waals surface area contributed by atoms with Crippen LogP contribution in [0.4, 0.5) is 13.6 Å². The van der Waals surface area contributed by atoms with Gasteiger partial charge >= 0.3 is 11.8 Å². The van der Waals surface area contributed by atoms with Crippen molar-refractivity contribution in [2.75, 3.05) is 20.2 Å². The first-order valence-corrected chi connectivity index (χ1v) is 12.4. The van der Waals surface area contributed by atoms with Crippen LogP contribution in [0, 0.1) is 11.6 Å². The van der Waals surface area contributed by atoms with Crippen LogP contribution in [0.15, 0.2) is 58.1 Å². The molecule has 2 aromatic heterocycles. The Labute approximate surface area is 213 Å². The summed E-state index contributed by atoms with van der Waals surface area (Å²) in [6, 6.07) is 13.2. The van der Waals surface area contributed by atoms with Gasteiger partial charge in [-0.2, -0.15) is 4.39 Å². The van der Waals surface area contributed by atoms with E-state index in [2.05, 4.69) is 0 Å². The summed E-state index contributed by atoms with van der Waals surface area (Å²) < 4.78 is 36.9. The zero-order valence-corrected chi connectivity index (χ0v) is 20.6. The number of halogens is 2. The Morgan fingerprint density at radius 2 is 1.78 bits per heavy atom. The van der Waals surface area contributed by atoms with Crippen molar-refractivity contribution >= 4 is 27.6 Å². The molecule has 192 valence electrons. The molecular weight excluding hydrogens is 504 g/mol. The van der Waals surface area contributed by atoms with Crippen molar-refractivity contribution in [2.24, 2.45) is 0 Å². The molecular formula is C26H23F2N3O5S. The SMILES string of the molecule is COc1ccc(Cn2c(=O)n(C3CCN(C(=O)O)CC3)c(=O)c3sc(-c4ccccc4)cc32)c(F)c1F. The molecule has 1 fully saturated rings. The molecule has 0 aliphatic carbocycles. The van der Waals surface area contributed by atoms with Crippen molar-refractivity contribution in [3.8, 4) is 16.2 Å². The van der Waals surface area contributed by atoms with Gasteiger partial charge in [-0.15, -0.1) is 11.3 Å². The summed E-state index contributed by atoms with van der Waals surface area (Å²) in [4.78, 5) is 40.7. The van der Waals surface area contributed by atoms with Gasteiger partial charge in [0.1, 0.15) is 4.70 Å². The Bertz CT molecular complexity index is 1600. The standard InChI is InChI=1S/C26H23F2N3O5S/c1-36-19-8-7-16(21(27)22(19)28)14-30-18-13-20(15-5-3-2-4-6-15)37-23(18)24(32)31(25(30)33)17-9-11-29(12-10-17)26(34)35/h2-8,13,17H,9-12,14H2,1H3,(H,34,35). The van der Waals surface area contributed by atoms with Crippen molar-refractivity contribution in [2.45, 2.75) is 25.4 Å². The number of hydrogen-bond acceptors (Lipinski definition) is 5. The van der Waals surface area contributed by atoms with Crippen LogP contribution in [0.2, 0.25) is 0 Å². The number of likely N-dealkylation sites (tertiary alicyclic amines) is 1. The topological polar surface area (TPSA) is 93.8 Å². The Kier molecular flexibility index (Phi) is 6.55. The number of ether oxygens (including phenoxy) is 1. The molecule has 1 N–H and O–H groups in total.